The number of hydrogen-bond acceptors (Lipinski definition) is 3. The molecule has 0 amide bonds. The Morgan fingerprint density at radius 1 is 0.850 bits per heavy atom. The molecule has 3 heteroatoms. The van der Waals surface area contributed by atoms with Crippen molar-refractivity contribution >= 4 is 0 Å². The molecule has 0 aliphatic carbocycles. The smallest absolute Gasteiger partial charge is 0.122 e. The number of methoxy groups -OCH3 is 2. The van der Waals surface area contributed by atoms with E-state index >= 15 is 0 Å². The highest BCUT2D eigenvalue weighted by molar-refractivity contribution is 5.46. The van der Waals surface area contributed by atoms with Gasteiger partial charge in [0.25, 0.3) is 0 Å². The molecule has 3 nitrogen and oxygen atoms in total. The molecule has 0 saturated heterocycles. The van der Waals surface area contributed by atoms with Crippen LogP contribution < -0.4 is 14.8 Å². The van der Waals surface area contributed by atoms with E-state index in [4.69, 9.17) is 9.47 Å². The summed E-state index contributed by atoms with van der Waals surface area (Å²) in [5.41, 5.74) is 2.45. The summed E-state index contributed by atoms with van der Waals surface area (Å²) in [5, 5.41) is 3.47. The molecule has 0 bridgehead atoms. The van der Waals surface area contributed by atoms with Gasteiger partial charge in [-0.05, 0) is 55.6 Å². The Hall–Kier alpha value is -1.22. The van der Waals surface area contributed by atoms with Gasteiger partial charge in [-0.2, -0.15) is 0 Å². The highest BCUT2D eigenvalue weighted by Gasteiger charge is 2.10. The zero-order valence-corrected chi connectivity index (χ0v) is 13.4. The van der Waals surface area contributed by atoms with Crippen LogP contribution in [0.25, 0.3) is 0 Å². The molecule has 0 saturated carbocycles. The predicted octanol–water partition coefficient (Wildman–Crippen LogP) is 3.59. The second-order valence-electron chi connectivity index (χ2n) is 5.08. The molecule has 1 aromatic rings. The molecule has 114 valence electrons. The van der Waals surface area contributed by atoms with Gasteiger partial charge >= 0.3 is 0 Å². The van der Waals surface area contributed by atoms with E-state index in [2.05, 4.69) is 31.3 Å². The Morgan fingerprint density at radius 3 is 1.95 bits per heavy atom. The van der Waals surface area contributed by atoms with E-state index in [1.807, 2.05) is 0 Å². The Kier molecular flexibility index (Phi) is 8.12. The van der Waals surface area contributed by atoms with Crippen molar-refractivity contribution in [1.29, 1.82) is 0 Å². The average molecular weight is 279 g/mol. The van der Waals surface area contributed by atoms with Crippen LogP contribution in [-0.4, -0.2) is 27.3 Å². The van der Waals surface area contributed by atoms with E-state index in [0.717, 1.165) is 43.9 Å². The number of unbranched alkanes of at least 4 members (excludes halogenated alkanes) is 1. The van der Waals surface area contributed by atoms with Crippen LogP contribution in [0.15, 0.2) is 12.1 Å². The van der Waals surface area contributed by atoms with E-state index in [0.29, 0.717) is 0 Å². The topological polar surface area (TPSA) is 30.5 Å². The predicted molar refractivity (Wildman–Crippen MR) is 85.0 cm³/mol. The van der Waals surface area contributed by atoms with Crippen molar-refractivity contribution in [3.63, 3.8) is 0 Å². The lowest BCUT2D eigenvalue weighted by atomic mass is 10.0. The molecule has 0 radical (unpaired) electrons. The third-order valence-corrected chi connectivity index (χ3v) is 3.48. The summed E-state index contributed by atoms with van der Waals surface area (Å²) >= 11 is 0. The molecule has 0 aliphatic rings. The first-order chi connectivity index (χ1) is 9.76. The molecule has 0 atom stereocenters. The summed E-state index contributed by atoms with van der Waals surface area (Å²) in [6, 6.07) is 4.26. The molecule has 0 aliphatic heterocycles. The zero-order chi connectivity index (χ0) is 14.8. The van der Waals surface area contributed by atoms with Crippen LogP contribution >= 0.6 is 0 Å². The Morgan fingerprint density at radius 2 is 1.45 bits per heavy atom. The van der Waals surface area contributed by atoms with E-state index < -0.39 is 0 Å². The Balaban J connectivity index is 2.73. The van der Waals surface area contributed by atoms with Gasteiger partial charge in [-0.1, -0.05) is 26.7 Å². The first-order valence-corrected chi connectivity index (χ1v) is 7.71. The van der Waals surface area contributed by atoms with Gasteiger partial charge in [0.15, 0.2) is 0 Å². The minimum Gasteiger partial charge on any atom is -0.496 e. The van der Waals surface area contributed by atoms with Crippen molar-refractivity contribution in [2.24, 2.45) is 0 Å². The van der Waals surface area contributed by atoms with E-state index in [1.165, 1.54) is 24.0 Å². The van der Waals surface area contributed by atoms with Crippen molar-refractivity contribution in [2.45, 2.75) is 46.0 Å². The van der Waals surface area contributed by atoms with E-state index in [1.54, 1.807) is 14.2 Å². The SMILES string of the molecule is CCCCNCCc1cc(OC)c(CCC)cc1OC. The van der Waals surface area contributed by atoms with Crippen LogP contribution in [-0.2, 0) is 12.8 Å². The molecule has 0 spiro atoms. The van der Waals surface area contributed by atoms with Gasteiger partial charge in [0.05, 0.1) is 14.2 Å². The van der Waals surface area contributed by atoms with Crippen LogP contribution in [0, 0.1) is 0 Å². The fourth-order valence-electron chi connectivity index (χ4n) is 2.33. The van der Waals surface area contributed by atoms with Crippen LogP contribution in [0.4, 0.5) is 0 Å². The highest BCUT2D eigenvalue weighted by Crippen LogP contribution is 2.30. The fourth-order valence-corrected chi connectivity index (χ4v) is 2.33. The summed E-state index contributed by atoms with van der Waals surface area (Å²) < 4.78 is 11.0. The Labute approximate surface area is 123 Å². The van der Waals surface area contributed by atoms with Crippen LogP contribution in [0.2, 0.25) is 0 Å². The van der Waals surface area contributed by atoms with Crippen molar-refractivity contribution in [3.05, 3.63) is 23.3 Å². The third kappa shape index (κ3) is 5.04. The van der Waals surface area contributed by atoms with Crippen molar-refractivity contribution in [1.82, 2.24) is 5.32 Å². The number of nitrogens with one attached hydrogen (secondary N) is 1. The third-order valence-electron chi connectivity index (χ3n) is 3.48. The summed E-state index contributed by atoms with van der Waals surface area (Å²) in [6.07, 6.45) is 5.56. The molecule has 0 aromatic heterocycles. The Bertz CT molecular complexity index is 391. The minimum absolute atomic E-state index is 0.968. The standard InChI is InChI=1S/C17H29NO2/c1-5-7-10-18-11-9-15-13-16(19-3)14(8-6-2)12-17(15)20-4/h12-13,18H,5-11H2,1-4H3. The number of rotatable bonds is 10. The minimum atomic E-state index is 0.968. The maximum Gasteiger partial charge on any atom is 0.122 e. The molecule has 0 heterocycles. The summed E-state index contributed by atoms with van der Waals surface area (Å²) in [7, 11) is 3.48. The molecule has 1 rings (SSSR count). The van der Waals surface area contributed by atoms with E-state index in [-0.39, 0.29) is 0 Å². The monoisotopic (exact) mass is 279 g/mol. The van der Waals surface area contributed by atoms with Crippen LogP contribution in [0.5, 0.6) is 11.5 Å². The molecular formula is C17H29NO2. The van der Waals surface area contributed by atoms with Gasteiger partial charge in [0, 0.05) is 0 Å². The maximum atomic E-state index is 5.53. The van der Waals surface area contributed by atoms with Crippen LogP contribution in [0.1, 0.15) is 44.2 Å². The van der Waals surface area contributed by atoms with Crippen molar-refractivity contribution < 1.29 is 9.47 Å². The lowest BCUT2D eigenvalue weighted by Crippen LogP contribution is -2.18. The highest BCUT2D eigenvalue weighted by atomic mass is 16.5. The normalized spacial score (nSPS) is 10.6. The van der Waals surface area contributed by atoms with Crippen molar-refractivity contribution in [3.8, 4) is 11.5 Å². The lowest BCUT2D eigenvalue weighted by Gasteiger charge is -2.15. The van der Waals surface area contributed by atoms with Gasteiger partial charge in [-0.25, -0.2) is 0 Å². The number of benzene rings is 1. The fraction of sp³-hybridized carbons (Fsp3) is 0.647. The van der Waals surface area contributed by atoms with Gasteiger partial charge in [0.1, 0.15) is 11.5 Å². The molecule has 0 fully saturated rings. The lowest BCUT2D eigenvalue weighted by molar-refractivity contribution is 0.394. The quantitative estimate of drug-likeness (QED) is 0.664. The number of ether oxygens (including phenoxy) is 2. The summed E-state index contributed by atoms with van der Waals surface area (Å²) in [4.78, 5) is 0. The van der Waals surface area contributed by atoms with E-state index in [9.17, 15) is 0 Å². The largest absolute Gasteiger partial charge is 0.496 e. The van der Waals surface area contributed by atoms with Gasteiger partial charge < -0.3 is 14.8 Å². The molecule has 1 aromatic carbocycles. The number of aryl methyl sites for hydroxylation is 1. The molecular weight excluding hydrogens is 250 g/mol. The average Bonchev–Trinajstić information content (AvgIpc) is 2.47. The molecule has 1 N–H and O–H groups in total. The first-order valence-electron chi connectivity index (χ1n) is 7.71. The van der Waals surface area contributed by atoms with Gasteiger partial charge in [0.2, 0.25) is 0 Å². The van der Waals surface area contributed by atoms with Gasteiger partial charge in [-0.15, -0.1) is 0 Å². The first kappa shape index (κ1) is 16.8. The summed E-state index contributed by atoms with van der Waals surface area (Å²) in [5.74, 6) is 1.96. The molecule has 0 unspecified atom stereocenters. The van der Waals surface area contributed by atoms with Gasteiger partial charge in [-0.3, -0.25) is 0 Å². The second kappa shape index (κ2) is 9.65. The summed E-state index contributed by atoms with van der Waals surface area (Å²) in [6.45, 7) is 6.45. The van der Waals surface area contributed by atoms with Crippen molar-refractivity contribution in [2.75, 3.05) is 27.3 Å². The number of hydrogen-bond donors (Lipinski definition) is 1. The zero-order valence-electron chi connectivity index (χ0n) is 13.4. The second-order valence-corrected chi connectivity index (χ2v) is 5.08. The molecule has 20 heavy (non-hydrogen) atoms. The van der Waals surface area contributed by atoms with Crippen LogP contribution in [0.3, 0.4) is 0 Å². The maximum absolute atomic E-state index is 5.53.